The summed E-state index contributed by atoms with van der Waals surface area (Å²) >= 11 is 2.30. The van der Waals surface area contributed by atoms with Crippen LogP contribution in [0.5, 0.6) is 0 Å². The zero-order valence-electron chi connectivity index (χ0n) is 12.9. The summed E-state index contributed by atoms with van der Waals surface area (Å²) in [4.78, 5) is 0. The van der Waals surface area contributed by atoms with E-state index in [9.17, 15) is 0 Å². The van der Waals surface area contributed by atoms with Crippen LogP contribution in [0.3, 0.4) is 0 Å². The summed E-state index contributed by atoms with van der Waals surface area (Å²) in [6, 6.07) is 28.4. The third-order valence-electron chi connectivity index (χ3n) is 3.34. The van der Waals surface area contributed by atoms with Crippen LogP contribution in [0.1, 0.15) is 5.56 Å². The maximum Gasteiger partial charge on any atom is 2.00 e. The number of nitrogens with zero attached hydrogens (tertiary/aromatic N) is 3. The van der Waals surface area contributed by atoms with E-state index in [1.54, 1.807) is 0 Å². The Balaban J connectivity index is 0.000000300. The molecule has 3 nitrogen and oxygen atoms in total. The first-order valence-corrected chi connectivity index (χ1v) is 8.44. The molecule has 0 unspecified atom stereocenters. The number of halogens is 1. The van der Waals surface area contributed by atoms with Gasteiger partial charge in [-0.1, -0.05) is 35.5 Å². The topological polar surface area (TPSA) is 30.7 Å². The van der Waals surface area contributed by atoms with E-state index in [2.05, 4.69) is 57.2 Å². The Morgan fingerprint density at radius 3 is 2.21 bits per heavy atom. The average molecular weight is 469 g/mol. The average Bonchev–Trinajstić information content (AvgIpc) is 3.34. The van der Waals surface area contributed by atoms with Gasteiger partial charge in [0.05, 0.1) is 0 Å². The molecule has 1 aromatic heterocycles. The molecule has 0 saturated carbocycles. The fraction of sp³-hybridized carbons (Fsp3) is 0.0526. The molecule has 0 N–H and O–H groups in total. The van der Waals surface area contributed by atoms with Crippen molar-refractivity contribution in [2.24, 2.45) is 0 Å². The third kappa shape index (κ3) is 4.90. The van der Waals surface area contributed by atoms with Crippen molar-refractivity contribution in [1.82, 2.24) is 15.0 Å². The fourth-order valence-corrected chi connectivity index (χ4v) is 2.87. The van der Waals surface area contributed by atoms with Gasteiger partial charge in [0.2, 0.25) is 0 Å². The molecule has 0 saturated heterocycles. The minimum Gasteiger partial charge on any atom is -0.246 e. The van der Waals surface area contributed by atoms with Crippen LogP contribution < -0.4 is 0 Å². The Labute approximate surface area is 166 Å². The SMILES string of the molecule is Ic1c(-c2ccccc2)nnn1C[c-]1cccc1.[Fe+2].c1cc[cH-]c1. The van der Waals surface area contributed by atoms with Crippen molar-refractivity contribution in [3.63, 3.8) is 0 Å². The van der Waals surface area contributed by atoms with Crippen LogP contribution in [-0.4, -0.2) is 15.0 Å². The molecule has 1 heterocycles. The molecule has 5 heteroatoms. The Bertz CT molecular complexity index is 789. The van der Waals surface area contributed by atoms with Gasteiger partial charge in [0, 0.05) is 12.1 Å². The van der Waals surface area contributed by atoms with Crippen LogP contribution in [0.15, 0.2) is 84.9 Å². The number of benzene rings is 1. The molecule has 4 rings (SSSR count). The molecule has 122 valence electrons. The maximum absolute atomic E-state index is 4.27. The van der Waals surface area contributed by atoms with Crippen LogP contribution in [0.2, 0.25) is 0 Å². The van der Waals surface area contributed by atoms with Gasteiger partial charge in [-0.3, -0.25) is 0 Å². The number of rotatable bonds is 3. The minimum atomic E-state index is 0. The maximum atomic E-state index is 4.27. The van der Waals surface area contributed by atoms with Gasteiger partial charge in [-0.05, 0) is 22.6 Å². The molecule has 0 aliphatic carbocycles. The smallest absolute Gasteiger partial charge is 0.246 e. The summed E-state index contributed by atoms with van der Waals surface area (Å²) in [5, 5.41) is 8.50. The molecule has 0 amide bonds. The summed E-state index contributed by atoms with van der Waals surface area (Å²) in [6.45, 7) is 0.769. The van der Waals surface area contributed by atoms with Gasteiger partial charge in [-0.2, -0.15) is 30.3 Å². The van der Waals surface area contributed by atoms with Crippen molar-refractivity contribution >= 4 is 22.6 Å². The van der Waals surface area contributed by atoms with Crippen LogP contribution in [0.4, 0.5) is 0 Å². The molecular formula is C19H16FeIN3. The number of aromatic nitrogens is 3. The Hall–Kier alpha value is -1.69. The first-order valence-electron chi connectivity index (χ1n) is 7.36. The van der Waals surface area contributed by atoms with Gasteiger partial charge in [0.25, 0.3) is 0 Å². The number of hydrogen-bond acceptors (Lipinski definition) is 2. The summed E-state index contributed by atoms with van der Waals surface area (Å²) in [5.74, 6) is 0. The van der Waals surface area contributed by atoms with E-state index in [0.29, 0.717) is 0 Å². The molecule has 0 bridgehead atoms. The summed E-state index contributed by atoms with van der Waals surface area (Å²) in [5.41, 5.74) is 3.30. The monoisotopic (exact) mass is 469 g/mol. The van der Waals surface area contributed by atoms with E-state index in [4.69, 9.17) is 0 Å². The summed E-state index contributed by atoms with van der Waals surface area (Å²) in [6.07, 6.45) is 0. The van der Waals surface area contributed by atoms with Crippen LogP contribution in [0.25, 0.3) is 11.3 Å². The van der Waals surface area contributed by atoms with E-state index < -0.39 is 0 Å². The molecule has 0 spiro atoms. The Kier molecular flexibility index (Phi) is 7.43. The predicted octanol–water partition coefficient (Wildman–Crippen LogP) is 4.72. The van der Waals surface area contributed by atoms with Crippen molar-refractivity contribution in [3.05, 3.63) is 94.2 Å². The standard InChI is InChI=1S/C14H11IN3.C5H5.Fe/c15-14-13(12-8-2-1-3-9-12)16-17-18(14)10-11-6-4-5-7-11;1-2-4-5-3-1;/h1-9H,10H2;1-5H;/q2*-1;+2. The van der Waals surface area contributed by atoms with Crippen molar-refractivity contribution in [2.45, 2.75) is 6.54 Å². The minimum absolute atomic E-state index is 0. The normalized spacial score (nSPS) is 9.71. The van der Waals surface area contributed by atoms with Crippen molar-refractivity contribution in [3.8, 4) is 11.3 Å². The van der Waals surface area contributed by atoms with Crippen LogP contribution in [-0.2, 0) is 23.6 Å². The van der Waals surface area contributed by atoms with Gasteiger partial charge in [0.15, 0.2) is 0 Å². The Morgan fingerprint density at radius 2 is 1.62 bits per heavy atom. The summed E-state index contributed by atoms with van der Waals surface area (Å²) < 4.78 is 3.00. The molecule has 0 fully saturated rings. The van der Waals surface area contributed by atoms with Gasteiger partial charge in [-0.15, -0.1) is 10.7 Å². The molecule has 3 aromatic carbocycles. The second kappa shape index (κ2) is 9.57. The molecule has 0 atom stereocenters. The van der Waals surface area contributed by atoms with Crippen molar-refractivity contribution in [1.29, 1.82) is 0 Å². The second-order valence-corrected chi connectivity index (χ2v) is 6.03. The van der Waals surface area contributed by atoms with Gasteiger partial charge < -0.3 is 0 Å². The number of hydrogen-bond donors (Lipinski definition) is 0. The van der Waals surface area contributed by atoms with E-state index >= 15 is 0 Å². The summed E-state index contributed by atoms with van der Waals surface area (Å²) in [7, 11) is 0. The predicted molar refractivity (Wildman–Crippen MR) is 101 cm³/mol. The Morgan fingerprint density at radius 1 is 0.958 bits per heavy atom. The van der Waals surface area contributed by atoms with Gasteiger partial charge in [0.1, 0.15) is 9.39 Å². The molecular weight excluding hydrogens is 453 g/mol. The largest absolute Gasteiger partial charge is 2.00 e. The fourth-order valence-electron chi connectivity index (χ4n) is 2.19. The van der Waals surface area contributed by atoms with Gasteiger partial charge >= 0.3 is 17.1 Å². The van der Waals surface area contributed by atoms with E-state index in [1.807, 2.05) is 65.3 Å². The van der Waals surface area contributed by atoms with Crippen LogP contribution >= 0.6 is 22.6 Å². The van der Waals surface area contributed by atoms with E-state index in [0.717, 1.165) is 21.5 Å². The zero-order chi connectivity index (χ0) is 15.9. The quantitative estimate of drug-likeness (QED) is 0.247. The molecule has 4 aromatic rings. The first kappa shape index (κ1) is 18.6. The van der Waals surface area contributed by atoms with E-state index in [-0.39, 0.29) is 17.1 Å². The van der Waals surface area contributed by atoms with Crippen LogP contribution in [0, 0.1) is 3.70 Å². The molecule has 0 aliphatic heterocycles. The second-order valence-electron chi connectivity index (χ2n) is 5.01. The van der Waals surface area contributed by atoms with Crippen molar-refractivity contribution < 1.29 is 17.1 Å². The molecule has 0 radical (unpaired) electrons. The zero-order valence-corrected chi connectivity index (χ0v) is 16.1. The van der Waals surface area contributed by atoms with Crippen molar-refractivity contribution in [2.75, 3.05) is 0 Å². The molecule has 24 heavy (non-hydrogen) atoms. The first-order chi connectivity index (χ1) is 11.3. The van der Waals surface area contributed by atoms with E-state index in [1.165, 1.54) is 5.56 Å². The third-order valence-corrected chi connectivity index (χ3v) is 4.41. The molecule has 0 aliphatic rings. The van der Waals surface area contributed by atoms with Gasteiger partial charge in [-0.25, -0.2) is 28.9 Å².